The first-order valence-electron chi connectivity index (χ1n) is 5.74. The van der Waals surface area contributed by atoms with Crippen LogP contribution >= 0.6 is 15.9 Å². The van der Waals surface area contributed by atoms with E-state index < -0.39 is 0 Å². The van der Waals surface area contributed by atoms with E-state index in [2.05, 4.69) is 60.2 Å². The lowest BCUT2D eigenvalue weighted by atomic mass is 9.90. The maximum atomic E-state index is 6.01. The van der Waals surface area contributed by atoms with Crippen molar-refractivity contribution in [2.45, 2.75) is 38.8 Å². The lowest BCUT2D eigenvalue weighted by molar-refractivity contribution is 0.0663. The Kier molecular flexibility index (Phi) is 3.27. The third-order valence-electron chi connectivity index (χ3n) is 2.88. The summed E-state index contributed by atoms with van der Waals surface area (Å²) >= 11 is 3.49. The van der Waals surface area contributed by atoms with E-state index in [9.17, 15) is 0 Å². The molecule has 1 aliphatic heterocycles. The molecule has 0 spiro atoms. The van der Waals surface area contributed by atoms with Crippen LogP contribution in [0.2, 0.25) is 0 Å². The zero-order chi connectivity index (χ0) is 11.8. The lowest BCUT2D eigenvalue weighted by Gasteiger charge is -2.38. The van der Waals surface area contributed by atoms with Gasteiger partial charge in [0.15, 0.2) is 0 Å². The van der Waals surface area contributed by atoms with E-state index in [1.807, 2.05) is 0 Å². The topological polar surface area (TPSA) is 21.3 Å². The van der Waals surface area contributed by atoms with Crippen LogP contribution < -0.4 is 10.1 Å². The number of benzene rings is 1. The maximum Gasteiger partial charge on any atom is 0.126 e. The standard InChI is InChI=1S/C13H18BrNO/c1-4-15-11-8-13(2,3)16-12-7-9(14)5-6-10(11)12/h5-7,11,15H,4,8H2,1-3H3. The van der Waals surface area contributed by atoms with Crippen LogP contribution in [0, 0.1) is 0 Å². The predicted octanol–water partition coefficient (Wildman–Crippen LogP) is 3.66. The second kappa shape index (κ2) is 4.38. The number of rotatable bonds is 2. The highest BCUT2D eigenvalue weighted by atomic mass is 79.9. The van der Waals surface area contributed by atoms with Crippen LogP contribution in [-0.4, -0.2) is 12.1 Å². The summed E-state index contributed by atoms with van der Waals surface area (Å²) in [6.07, 6.45) is 1.01. The Bertz CT molecular complexity index is 390. The second-order valence-corrected chi connectivity index (χ2v) is 5.77. The van der Waals surface area contributed by atoms with E-state index in [0.717, 1.165) is 23.2 Å². The van der Waals surface area contributed by atoms with Crippen molar-refractivity contribution in [2.75, 3.05) is 6.54 Å². The molecule has 0 aliphatic carbocycles. The fraction of sp³-hybridized carbons (Fsp3) is 0.538. The van der Waals surface area contributed by atoms with E-state index >= 15 is 0 Å². The fourth-order valence-electron chi connectivity index (χ4n) is 2.25. The molecule has 2 nitrogen and oxygen atoms in total. The van der Waals surface area contributed by atoms with Crippen molar-refractivity contribution >= 4 is 15.9 Å². The van der Waals surface area contributed by atoms with E-state index in [-0.39, 0.29) is 5.60 Å². The number of hydrogen-bond donors (Lipinski definition) is 1. The molecule has 16 heavy (non-hydrogen) atoms. The molecular weight excluding hydrogens is 266 g/mol. The van der Waals surface area contributed by atoms with Gasteiger partial charge in [-0.25, -0.2) is 0 Å². The third-order valence-corrected chi connectivity index (χ3v) is 3.38. The molecule has 1 aromatic rings. The van der Waals surface area contributed by atoms with Crippen LogP contribution in [0.15, 0.2) is 22.7 Å². The van der Waals surface area contributed by atoms with Crippen LogP contribution in [0.3, 0.4) is 0 Å². The molecule has 0 amide bonds. The number of hydrogen-bond acceptors (Lipinski definition) is 2. The summed E-state index contributed by atoms with van der Waals surface area (Å²) in [4.78, 5) is 0. The third kappa shape index (κ3) is 2.41. The Morgan fingerprint density at radius 1 is 1.50 bits per heavy atom. The molecule has 88 valence electrons. The zero-order valence-corrected chi connectivity index (χ0v) is 11.6. The Balaban J connectivity index is 2.38. The fourth-order valence-corrected chi connectivity index (χ4v) is 2.59. The van der Waals surface area contributed by atoms with Gasteiger partial charge in [0.05, 0.1) is 0 Å². The highest BCUT2D eigenvalue weighted by molar-refractivity contribution is 9.10. The lowest BCUT2D eigenvalue weighted by Crippen LogP contribution is -2.39. The summed E-state index contributed by atoms with van der Waals surface area (Å²) in [6, 6.07) is 6.67. The Morgan fingerprint density at radius 2 is 2.25 bits per heavy atom. The Hall–Kier alpha value is -0.540. The first-order chi connectivity index (χ1) is 7.52. The SMILES string of the molecule is CCNC1CC(C)(C)Oc2cc(Br)ccc21. The van der Waals surface area contributed by atoms with E-state index in [1.54, 1.807) is 0 Å². The smallest absolute Gasteiger partial charge is 0.126 e. The second-order valence-electron chi connectivity index (χ2n) is 4.86. The normalized spacial score (nSPS) is 22.4. The molecule has 1 unspecified atom stereocenters. The minimum atomic E-state index is -0.0966. The van der Waals surface area contributed by atoms with Crippen LogP contribution in [0.25, 0.3) is 0 Å². The van der Waals surface area contributed by atoms with Gasteiger partial charge in [0.25, 0.3) is 0 Å². The zero-order valence-electron chi connectivity index (χ0n) is 10.0. The molecule has 0 aromatic heterocycles. The van der Waals surface area contributed by atoms with Gasteiger partial charge >= 0.3 is 0 Å². The largest absolute Gasteiger partial charge is 0.487 e. The van der Waals surface area contributed by atoms with Gasteiger partial charge in [0.1, 0.15) is 11.4 Å². The van der Waals surface area contributed by atoms with Crippen molar-refractivity contribution in [2.24, 2.45) is 0 Å². The summed E-state index contributed by atoms with van der Waals surface area (Å²) in [6.45, 7) is 7.40. The van der Waals surface area contributed by atoms with E-state index in [4.69, 9.17) is 4.74 Å². The van der Waals surface area contributed by atoms with E-state index in [0.29, 0.717) is 6.04 Å². The highest BCUT2D eigenvalue weighted by Gasteiger charge is 2.33. The molecule has 0 radical (unpaired) electrons. The minimum Gasteiger partial charge on any atom is -0.487 e. The molecule has 1 atom stereocenters. The van der Waals surface area contributed by atoms with Gasteiger partial charge in [-0.15, -0.1) is 0 Å². The number of fused-ring (bicyclic) bond motifs is 1. The van der Waals surface area contributed by atoms with E-state index in [1.165, 1.54) is 5.56 Å². The van der Waals surface area contributed by atoms with Crippen molar-refractivity contribution in [1.82, 2.24) is 5.32 Å². The Morgan fingerprint density at radius 3 is 2.94 bits per heavy atom. The van der Waals surface area contributed by atoms with Gasteiger partial charge in [-0.2, -0.15) is 0 Å². The minimum absolute atomic E-state index is 0.0966. The molecule has 0 fully saturated rings. The molecular formula is C13H18BrNO. The van der Waals surface area contributed by atoms with Gasteiger partial charge in [-0.05, 0) is 32.5 Å². The highest BCUT2D eigenvalue weighted by Crippen LogP contribution is 2.40. The molecule has 2 rings (SSSR count). The molecule has 0 saturated heterocycles. The predicted molar refractivity (Wildman–Crippen MR) is 69.9 cm³/mol. The van der Waals surface area contributed by atoms with Gasteiger partial charge in [-0.3, -0.25) is 0 Å². The van der Waals surface area contributed by atoms with Crippen LogP contribution in [0.5, 0.6) is 5.75 Å². The maximum absolute atomic E-state index is 6.01. The molecule has 0 bridgehead atoms. The quantitative estimate of drug-likeness (QED) is 0.894. The van der Waals surface area contributed by atoms with Crippen LogP contribution in [0.4, 0.5) is 0 Å². The average molecular weight is 284 g/mol. The molecule has 1 aromatic carbocycles. The van der Waals surface area contributed by atoms with Gasteiger partial charge in [0.2, 0.25) is 0 Å². The first-order valence-corrected chi connectivity index (χ1v) is 6.53. The average Bonchev–Trinajstić information content (AvgIpc) is 2.15. The summed E-state index contributed by atoms with van der Waals surface area (Å²) < 4.78 is 7.08. The number of nitrogens with one attached hydrogen (secondary N) is 1. The van der Waals surface area contributed by atoms with Gasteiger partial charge in [0, 0.05) is 22.5 Å². The van der Waals surface area contributed by atoms with Crippen molar-refractivity contribution in [3.8, 4) is 5.75 Å². The van der Waals surface area contributed by atoms with Crippen LogP contribution in [-0.2, 0) is 0 Å². The molecule has 0 saturated carbocycles. The number of halogens is 1. The van der Waals surface area contributed by atoms with Crippen LogP contribution in [0.1, 0.15) is 38.8 Å². The molecule has 1 N–H and O–H groups in total. The monoisotopic (exact) mass is 283 g/mol. The van der Waals surface area contributed by atoms with Gasteiger partial charge < -0.3 is 10.1 Å². The molecule has 1 heterocycles. The van der Waals surface area contributed by atoms with Gasteiger partial charge in [-0.1, -0.05) is 28.9 Å². The molecule has 3 heteroatoms. The Labute approximate surface area is 106 Å². The summed E-state index contributed by atoms with van der Waals surface area (Å²) in [5.41, 5.74) is 1.17. The van der Waals surface area contributed by atoms with Crippen molar-refractivity contribution in [1.29, 1.82) is 0 Å². The summed E-state index contributed by atoms with van der Waals surface area (Å²) in [5.74, 6) is 0.997. The van der Waals surface area contributed by atoms with Crippen molar-refractivity contribution in [3.63, 3.8) is 0 Å². The van der Waals surface area contributed by atoms with Crippen molar-refractivity contribution in [3.05, 3.63) is 28.2 Å². The number of ether oxygens (including phenoxy) is 1. The first kappa shape index (κ1) is 11.9. The summed E-state index contributed by atoms with van der Waals surface area (Å²) in [5, 5.41) is 3.52. The molecule has 1 aliphatic rings. The van der Waals surface area contributed by atoms with Crippen molar-refractivity contribution < 1.29 is 4.74 Å². The summed E-state index contributed by atoms with van der Waals surface area (Å²) in [7, 11) is 0.